The van der Waals surface area contributed by atoms with Crippen molar-refractivity contribution in [1.29, 1.82) is 0 Å². The molecule has 0 aliphatic heterocycles. The molecular weight excluding hydrogens is 659 g/mol. The number of esters is 2. The number of carbonyl (C=O) groups is 2. The van der Waals surface area contributed by atoms with E-state index < -0.39 is 0 Å². The standard InChI is InChI=1S/C47H87NO5/c1-7-11-31-43(5)40-46(49)52-38-28-24-20-16-14-18-22-26-34-45(42-51-37-30-36-48(6)10-4)35-27-23-19-15-17-21-25-29-39-53-47(50)41-44(32-12-8-2)33-13-9-3/h32,43-45H,2,7,9-11,13-31,33-42H2,1,3-6H3. The van der Waals surface area contributed by atoms with Crippen LogP contribution in [-0.4, -0.2) is 63.4 Å². The molecule has 0 radical (unpaired) electrons. The van der Waals surface area contributed by atoms with Gasteiger partial charge in [0.25, 0.3) is 0 Å². The van der Waals surface area contributed by atoms with Gasteiger partial charge in [-0.25, -0.2) is 0 Å². The molecule has 0 spiro atoms. The van der Waals surface area contributed by atoms with E-state index in [0.29, 0.717) is 37.9 Å². The molecule has 3 unspecified atom stereocenters. The molecule has 0 saturated carbocycles. The van der Waals surface area contributed by atoms with Crippen molar-refractivity contribution in [2.24, 2.45) is 17.8 Å². The van der Waals surface area contributed by atoms with Crippen LogP contribution in [0.15, 0.2) is 24.1 Å². The summed E-state index contributed by atoms with van der Waals surface area (Å²) in [5, 5.41) is 0. The van der Waals surface area contributed by atoms with Crippen LogP contribution >= 0.6 is 0 Å². The number of rotatable bonds is 40. The van der Waals surface area contributed by atoms with E-state index in [1.807, 2.05) is 6.08 Å². The van der Waals surface area contributed by atoms with Crippen LogP contribution in [0.2, 0.25) is 0 Å². The van der Waals surface area contributed by atoms with Crippen LogP contribution in [0.1, 0.15) is 201 Å². The Hall–Kier alpha value is -1.84. The number of allylic oxidation sites excluding steroid dienone is 1. The lowest BCUT2D eigenvalue weighted by Gasteiger charge is -2.18. The molecule has 310 valence electrons. The maximum absolute atomic E-state index is 12.3. The number of hydrogen-bond acceptors (Lipinski definition) is 6. The lowest BCUT2D eigenvalue weighted by molar-refractivity contribution is -0.145. The number of ether oxygens (including phenoxy) is 3. The third-order valence-electron chi connectivity index (χ3n) is 10.6. The summed E-state index contributed by atoms with van der Waals surface area (Å²) in [5.41, 5.74) is 5.57. The molecular formula is C47H87NO5. The molecule has 0 N–H and O–H groups in total. The van der Waals surface area contributed by atoms with Gasteiger partial charge in [0.05, 0.1) is 19.6 Å². The second kappa shape index (κ2) is 39.8. The Morgan fingerprint density at radius 2 is 1.11 bits per heavy atom. The molecule has 6 nitrogen and oxygen atoms in total. The van der Waals surface area contributed by atoms with Gasteiger partial charge in [-0.05, 0) is 82.5 Å². The van der Waals surface area contributed by atoms with E-state index in [1.165, 1.54) is 103 Å². The average Bonchev–Trinajstić information content (AvgIpc) is 3.15. The zero-order valence-corrected chi connectivity index (χ0v) is 35.8. The smallest absolute Gasteiger partial charge is 0.306 e. The van der Waals surface area contributed by atoms with Gasteiger partial charge in [0.1, 0.15) is 0 Å². The van der Waals surface area contributed by atoms with Gasteiger partial charge in [-0.1, -0.05) is 161 Å². The van der Waals surface area contributed by atoms with Crippen LogP contribution in [-0.2, 0) is 23.8 Å². The second-order valence-corrected chi connectivity index (χ2v) is 15.9. The molecule has 53 heavy (non-hydrogen) atoms. The van der Waals surface area contributed by atoms with Crippen molar-refractivity contribution in [3.8, 4) is 0 Å². The van der Waals surface area contributed by atoms with Gasteiger partial charge >= 0.3 is 11.9 Å². The van der Waals surface area contributed by atoms with Crippen molar-refractivity contribution in [2.75, 3.05) is 46.6 Å². The van der Waals surface area contributed by atoms with E-state index >= 15 is 0 Å². The van der Waals surface area contributed by atoms with Crippen molar-refractivity contribution in [3.05, 3.63) is 24.1 Å². The second-order valence-electron chi connectivity index (χ2n) is 15.9. The highest BCUT2D eigenvalue weighted by Gasteiger charge is 2.13. The summed E-state index contributed by atoms with van der Waals surface area (Å²) in [6.07, 6.45) is 33.2. The fourth-order valence-corrected chi connectivity index (χ4v) is 6.88. The van der Waals surface area contributed by atoms with Gasteiger partial charge in [0.15, 0.2) is 0 Å². The molecule has 0 amide bonds. The first-order chi connectivity index (χ1) is 25.9. The SMILES string of the molecule is C=C=C=CC(CCCC)CC(=O)OCCCCCCCCCCC(CCCCCCCCCCOC(=O)CC(C)CCCC)COCCCN(C)CC. The van der Waals surface area contributed by atoms with Crippen LogP contribution in [0.4, 0.5) is 0 Å². The first kappa shape index (κ1) is 51.2. The van der Waals surface area contributed by atoms with Crippen molar-refractivity contribution in [1.82, 2.24) is 4.90 Å². The summed E-state index contributed by atoms with van der Waals surface area (Å²) in [5.74, 6) is 1.20. The highest BCUT2D eigenvalue weighted by atomic mass is 16.5. The molecule has 0 rings (SSSR count). The highest BCUT2D eigenvalue weighted by Crippen LogP contribution is 2.21. The predicted octanol–water partition coefficient (Wildman–Crippen LogP) is 13.0. The fraction of sp³-hybridized carbons (Fsp3) is 0.872. The largest absolute Gasteiger partial charge is 0.466 e. The third-order valence-corrected chi connectivity index (χ3v) is 10.6. The summed E-state index contributed by atoms with van der Waals surface area (Å²) in [7, 11) is 2.18. The minimum atomic E-state index is -0.0944. The van der Waals surface area contributed by atoms with E-state index in [0.717, 1.165) is 84.1 Å². The molecule has 0 aliphatic carbocycles. The normalized spacial score (nSPS) is 12.9. The molecule has 0 aliphatic rings. The van der Waals surface area contributed by atoms with Crippen LogP contribution in [0, 0.1) is 17.8 Å². The van der Waals surface area contributed by atoms with Crippen molar-refractivity contribution < 1.29 is 23.8 Å². The van der Waals surface area contributed by atoms with E-state index in [2.05, 4.69) is 57.7 Å². The fourth-order valence-electron chi connectivity index (χ4n) is 6.88. The molecule has 0 aromatic heterocycles. The summed E-state index contributed by atoms with van der Waals surface area (Å²) in [6, 6.07) is 0. The van der Waals surface area contributed by atoms with Gasteiger partial charge in [0.2, 0.25) is 0 Å². The number of unbranched alkanes of at least 4 members (excludes halogenated alkanes) is 16. The Labute approximate surface area is 329 Å². The van der Waals surface area contributed by atoms with Crippen LogP contribution in [0.5, 0.6) is 0 Å². The van der Waals surface area contributed by atoms with Gasteiger partial charge in [-0.15, -0.1) is 0 Å². The molecule has 3 atom stereocenters. The first-order valence-corrected chi connectivity index (χ1v) is 22.5. The van der Waals surface area contributed by atoms with E-state index in [1.54, 1.807) is 0 Å². The Bertz CT molecular complexity index is 909. The zero-order chi connectivity index (χ0) is 39.0. The number of hydrogen-bond donors (Lipinski definition) is 0. The average molecular weight is 746 g/mol. The minimum Gasteiger partial charge on any atom is -0.466 e. The van der Waals surface area contributed by atoms with Crippen molar-refractivity contribution >= 4 is 11.9 Å². The van der Waals surface area contributed by atoms with Gasteiger partial charge in [0, 0.05) is 26.2 Å². The Kier molecular flexibility index (Phi) is 38.5. The van der Waals surface area contributed by atoms with Gasteiger partial charge in [-0.2, -0.15) is 0 Å². The maximum Gasteiger partial charge on any atom is 0.306 e. The molecule has 0 aromatic rings. The summed E-state index contributed by atoms with van der Waals surface area (Å²) >= 11 is 0. The molecule has 0 fully saturated rings. The third kappa shape index (κ3) is 36.9. The van der Waals surface area contributed by atoms with Crippen LogP contribution in [0.25, 0.3) is 0 Å². The predicted molar refractivity (Wildman–Crippen MR) is 225 cm³/mol. The van der Waals surface area contributed by atoms with Gasteiger partial charge in [-0.3, -0.25) is 9.59 Å². The summed E-state index contributed by atoms with van der Waals surface area (Å²) in [4.78, 5) is 26.6. The topological polar surface area (TPSA) is 65.1 Å². The summed E-state index contributed by atoms with van der Waals surface area (Å²) in [6.45, 7) is 17.4. The zero-order valence-electron chi connectivity index (χ0n) is 35.8. The Morgan fingerprint density at radius 1 is 0.623 bits per heavy atom. The molecule has 0 saturated heterocycles. The van der Waals surface area contributed by atoms with Gasteiger partial charge < -0.3 is 19.1 Å². The molecule has 0 aromatic carbocycles. The minimum absolute atomic E-state index is 0.0140. The monoisotopic (exact) mass is 746 g/mol. The lowest BCUT2D eigenvalue weighted by Crippen LogP contribution is -2.20. The van der Waals surface area contributed by atoms with E-state index in [-0.39, 0.29) is 17.9 Å². The van der Waals surface area contributed by atoms with Crippen molar-refractivity contribution in [3.63, 3.8) is 0 Å². The van der Waals surface area contributed by atoms with E-state index in [9.17, 15) is 9.59 Å². The van der Waals surface area contributed by atoms with Crippen molar-refractivity contribution in [2.45, 2.75) is 201 Å². The maximum atomic E-state index is 12.3. The molecule has 0 bridgehead atoms. The summed E-state index contributed by atoms with van der Waals surface area (Å²) < 4.78 is 17.2. The quantitative estimate of drug-likeness (QED) is 0.0353. The first-order valence-electron chi connectivity index (χ1n) is 22.5. The Balaban J connectivity index is 4.05. The Morgan fingerprint density at radius 3 is 1.62 bits per heavy atom. The van der Waals surface area contributed by atoms with Crippen LogP contribution < -0.4 is 0 Å². The molecule has 0 heterocycles. The number of nitrogens with zero attached hydrogens (tertiary/aromatic N) is 1. The highest BCUT2D eigenvalue weighted by molar-refractivity contribution is 5.70. The lowest BCUT2D eigenvalue weighted by atomic mass is 9.94. The molecule has 6 heteroatoms. The number of carbonyl (C=O) groups excluding carboxylic acids is 2. The van der Waals surface area contributed by atoms with E-state index in [4.69, 9.17) is 14.2 Å². The van der Waals surface area contributed by atoms with Crippen LogP contribution in [0.3, 0.4) is 0 Å².